The maximum absolute atomic E-state index is 13.3. The molecule has 0 radical (unpaired) electrons. The summed E-state index contributed by atoms with van der Waals surface area (Å²) in [6.07, 6.45) is 0.251. The average molecular weight is 483 g/mol. The number of hydrogen-bond donors (Lipinski definition) is 1. The molecule has 0 bridgehead atoms. The Morgan fingerprint density at radius 1 is 1.00 bits per heavy atom. The molecule has 6 nitrogen and oxygen atoms in total. The number of rotatable bonds is 6. The number of ether oxygens (including phenoxy) is 1. The third kappa shape index (κ3) is 5.47. The second-order valence-electron chi connectivity index (χ2n) is 9.03. The predicted molar refractivity (Wildman–Crippen MR) is 132 cm³/mol. The number of aromatic hydroxyl groups is 1. The summed E-state index contributed by atoms with van der Waals surface area (Å²) in [7, 11) is -3.79. The molecule has 0 aromatic heterocycles. The monoisotopic (exact) mass is 482 g/mol. The van der Waals surface area contributed by atoms with Gasteiger partial charge in [-0.2, -0.15) is 0 Å². The van der Waals surface area contributed by atoms with Crippen molar-refractivity contribution in [2.75, 3.05) is 6.61 Å². The SMILES string of the molecule is Cc1cccc([C@@H]2CCOP(=O)(Oc3cc(C)c(Oc4ccc(O)c(C(C)C)c4)c(C)c3)O2)c1. The van der Waals surface area contributed by atoms with Crippen LogP contribution in [0.25, 0.3) is 0 Å². The van der Waals surface area contributed by atoms with E-state index in [1.807, 2.05) is 65.0 Å². The second kappa shape index (κ2) is 9.83. The van der Waals surface area contributed by atoms with E-state index in [9.17, 15) is 9.67 Å². The van der Waals surface area contributed by atoms with E-state index >= 15 is 0 Å². The van der Waals surface area contributed by atoms with Gasteiger partial charge in [0.1, 0.15) is 23.0 Å². The van der Waals surface area contributed by atoms with Gasteiger partial charge in [0.25, 0.3) is 0 Å². The zero-order valence-corrected chi connectivity index (χ0v) is 21.1. The first kappa shape index (κ1) is 24.3. The standard InChI is InChI=1S/C27H31O6P/c1-17(2)24-16-22(9-10-25(24)28)31-27-19(4)14-23(15-20(27)5)32-34(29)30-12-11-26(33-34)21-8-6-7-18(3)13-21/h6-10,13-17,26,28H,11-12H2,1-5H3/t26-,34?/m0/s1. The Morgan fingerprint density at radius 2 is 1.74 bits per heavy atom. The molecule has 4 rings (SSSR count). The van der Waals surface area contributed by atoms with Gasteiger partial charge in [-0.25, -0.2) is 4.57 Å². The molecular formula is C27H31O6P. The molecule has 3 aromatic rings. The Morgan fingerprint density at radius 3 is 2.41 bits per heavy atom. The maximum atomic E-state index is 13.3. The Hall–Kier alpha value is -2.79. The summed E-state index contributed by atoms with van der Waals surface area (Å²) in [5.74, 6) is 2.12. The summed E-state index contributed by atoms with van der Waals surface area (Å²) in [5, 5.41) is 10.1. The van der Waals surface area contributed by atoms with Crippen LogP contribution in [0.3, 0.4) is 0 Å². The highest BCUT2D eigenvalue weighted by atomic mass is 31.2. The van der Waals surface area contributed by atoms with Crippen LogP contribution in [0.2, 0.25) is 0 Å². The molecule has 1 fully saturated rings. The Balaban J connectivity index is 1.53. The van der Waals surface area contributed by atoms with Gasteiger partial charge in [0.05, 0.1) is 12.7 Å². The molecular weight excluding hydrogens is 451 g/mol. The summed E-state index contributed by atoms with van der Waals surface area (Å²) in [6, 6.07) is 16.7. The lowest BCUT2D eigenvalue weighted by atomic mass is 10.0. The van der Waals surface area contributed by atoms with Gasteiger partial charge in [-0.15, -0.1) is 0 Å². The van der Waals surface area contributed by atoms with Gasteiger partial charge in [0, 0.05) is 12.0 Å². The van der Waals surface area contributed by atoms with E-state index in [4.69, 9.17) is 18.3 Å². The fourth-order valence-electron chi connectivity index (χ4n) is 4.09. The minimum Gasteiger partial charge on any atom is -0.508 e. The normalized spacial score (nSPS) is 20.4. The molecule has 180 valence electrons. The first-order valence-corrected chi connectivity index (χ1v) is 12.9. The van der Waals surface area contributed by atoms with Crippen LogP contribution < -0.4 is 9.26 Å². The smallest absolute Gasteiger partial charge is 0.508 e. The molecule has 1 heterocycles. The molecule has 0 aliphatic carbocycles. The lowest BCUT2D eigenvalue weighted by Gasteiger charge is -2.29. The van der Waals surface area contributed by atoms with Gasteiger partial charge in [0.15, 0.2) is 0 Å². The predicted octanol–water partition coefficient (Wildman–Crippen LogP) is 7.90. The number of phosphoric acid groups is 1. The van der Waals surface area contributed by atoms with Crippen molar-refractivity contribution >= 4 is 7.82 Å². The number of hydrogen-bond acceptors (Lipinski definition) is 6. The molecule has 1 aliphatic rings. The highest BCUT2D eigenvalue weighted by Gasteiger charge is 2.37. The molecule has 7 heteroatoms. The van der Waals surface area contributed by atoms with E-state index in [0.717, 1.165) is 27.8 Å². The van der Waals surface area contributed by atoms with Gasteiger partial charge in [-0.3, -0.25) is 9.05 Å². The Kier molecular flexibility index (Phi) is 7.04. The molecule has 1 saturated heterocycles. The van der Waals surface area contributed by atoms with Gasteiger partial charge in [0.2, 0.25) is 0 Å². The first-order valence-electron chi connectivity index (χ1n) is 11.4. The lowest BCUT2D eigenvalue weighted by molar-refractivity contribution is 0.0509. The molecule has 1 unspecified atom stereocenters. The van der Waals surface area contributed by atoms with Crippen LogP contribution in [-0.2, 0) is 13.6 Å². The van der Waals surface area contributed by atoms with E-state index in [2.05, 4.69) is 0 Å². The lowest BCUT2D eigenvalue weighted by Crippen LogP contribution is -2.16. The van der Waals surface area contributed by atoms with Crippen molar-refractivity contribution in [1.29, 1.82) is 0 Å². The summed E-state index contributed by atoms with van der Waals surface area (Å²) in [5.41, 5.74) is 4.51. The second-order valence-corrected chi connectivity index (χ2v) is 10.6. The molecule has 1 aliphatic heterocycles. The van der Waals surface area contributed by atoms with Gasteiger partial charge < -0.3 is 14.4 Å². The summed E-state index contributed by atoms with van der Waals surface area (Å²) in [4.78, 5) is 0. The number of phenolic OH excluding ortho intramolecular Hbond substituents is 1. The van der Waals surface area contributed by atoms with Crippen LogP contribution in [0.5, 0.6) is 23.0 Å². The first-order chi connectivity index (χ1) is 16.1. The Labute approximate surface area is 201 Å². The fourth-order valence-corrected chi connectivity index (χ4v) is 5.47. The molecule has 2 atom stereocenters. The van der Waals surface area contributed by atoms with E-state index < -0.39 is 7.82 Å². The van der Waals surface area contributed by atoms with Crippen molar-refractivity contribution in [3.05, 3.63) is 82.4 Å². The molecule has 0 saturated carbocycles. The van der Waals surface area contributed by atoms with Crippen molar-refractivity contribution in [1.82, 2.24) is 0 Å². The molecule has 0 amide bonds. The summed E-state index contributed by atoms with van der Waals surface area (Å²) >= 11 is 0. The minimum atomic E-state index is -3.79. The quantitative estimate of drug-likeness (QED) is 0.360. The topological polar surface area (TPSA) is 74.2 Å². The van der Waals surface area contributed by atoms with Crippen LogP contribution in [-0.4, -0.2) is 11.7 Å². The van der Waals surface area contributed by atoms with Crippen LogP contribution in [0, 0.1) is 20.8 Å². The molecule has 3 aromatic carbocycles. The van der Waals surface area contributed by atoms with E-state index in [1.165, 1.54) is 0 Å². The van der Waals surface area contributed by atoms with Crippen molar-refractivity contribution in [3.63, 3.8) is 0 Å². The average Bonchev–Trinajstić information content (AvgIpc) is 2.77. The number of aryl methyl sites for hydroxylation is 3. The van der Waals surface area contributed by atoms with Crippen molar-refractivity contribution in [2.45, 2.75) is 53.1 Å². The number of phosphoric ester groups is 1. The zero-order valence-electron chi connectivity index (χ0n) is 20.2. The van der Waals surface area contributed by atoms with Gasteiger partial charge >= 0.3 is 7.82 Å². The van der Waals surface area contributed by atoms with E-state index in [-0.39, 0.29) is 24.4 Å². The van der Waals surface area contributed by atoms with Crippen LogP contribution in [0.15, 0.2) is 54.6 Å². The van der Waals surface area contributed by atoms with Crippen molar-refractivity contribution in [3.8, 4) is 23.0 Å². The van der Waals surface area contributed by atoms with Crippen LogP contribution in [0.4, 0.5) is 0 Å². The molecule has 1 N–H and O–H groups in total. The molecule has 34 heavy (non-hydrogen) atoms. The Bertz CT molecular complexity index is 1210. The zero-order chi connectivity index (χ0) is 24.5. The van der Waals surface area contributed by atoms with Crippen LogP contribution >= 0.6 is 7.82 Å². The fraction of sp³-hybridized carbons (Fsp3) is 0.333. The highest BCUT2D eigenvalue weighted by molar-refractivity contribution is 7.49. The van der Waals surface area contributed by atoms with Gasteiger partial charge in [-0.1, -0.05) is 43.7 Å². The largest absolute Gasteiger partial charge is 0.530 e. The van der Waals surface area contributed by atoms with Gasteiger partial charge in [-0.05, 0) is 73.7 Å². The van der Waals surface area contributed by atoms with E-state index in [1.54, 1.807) is 24.3 Å². The third-order valence-electron chi connectivity index (χ3n) is 5.79. The summed E-state index contributed by atoms with van der Waals surface area (Å²) < 4.78 is 36.5. The van der Waals surface area contributed by atoms with Crippen molar-refractivity contribution < 1.29 is 28.0 Å². The number of benzene rings is 3. The maximum Gasteiger partial charge on any atom is 0.530 e. The minimum absolute atomic E-state index is 0.165. The summed E-state index contributed by atoms with van der Waals surface area (Å²) in [6.45, 7) is 10.1. The molecule has 0 spiro atoms. The highest BCUT2D eigenvalue weighted by Crippen LogP contribution is 2.57. The van der Waals surface area contributed by atoms with Crippen molar-refractivity contribution in [2.24, 2.45) is 0 Å². The van der Waals surface area contributed by atoms with Crippen LogP contribution in [0.1, 0.15) is 60.1 Å². The number of phenols is 1. The van der Waals surface area contributed by atoms with E-state index in [0.29, 0.717) is 23.7 Å². The third-order valence-corrected chi connectivity index (χ3v) is 7.24.